The van der Waals surface area contributed by atoms with Crippen LogP contribution in [0.15, 0.2) is 51.7 Å². The zero-order valence-electron chi connectivity index (χ0n) is 17.0. The third-order valence-electron chi connectivity index (χ3n) is 6.27. The molecule has 2 aromatic carbocycles. The fourth-order valence-corrected chi connectivity index (χ4v) is 4.52. The first kappa shape index (κ1) is 18.6. The fraction of sp³-hybridized carbons (Fsp3) is 0.292. The van der Waals surface area contributed by atoms with Gasteiger partial charge in [-0.25, -0.2) is 9.59 Å². The quantitative estimate of drug-likeness (QED) is 0.537. The zero-order valence-corrected chi connectivity index (χ0v) is 17.0. The molecule has 30 heavy (non-hydrogen) atoms. The van der Waals surface area contributed by atoms with Crippen molar-refractivity contribution < 1.29 is 14.0 Å². The summed E-state index contributed by atoms with van der Waals surface area (Å²) in [6.45, 7) is 3.70. The molecule has 6 nitrogen and oxygen atoms in total. The summed E-state index contributed by atoms with van der Waals surface area (Å²) in [5, 5.41) is 3.60. The highest BCUT2D eigenvalue weighted by Gasteiger charge is 2.49. The van der Waals surface area contributed by atoms with Crippen molar-refractivity contribution in [1.82, 2.24) is 10.2 Å². The molecule has 152 valence electrons. The smallest absolute Gasteiger partial charge is 0.336 e. The van der Waals surface area contributed by atoms with Gasteiger partial charge in [-0.2, -0.15) is 0 Å². The highest BCUT2D eigenvalue weighted by Crippen LogP contribution is 2.32. The van der Waals surface area contributed by atoms with Crippen LogP contribution in [-0.4, -0.2) is 16.8 Å². The van der Waals surface area contributed by atoms with Crippen LogP contribution in [0, 0.1) is 6.92 Å². The summed E-state index contributed by atoms with van der Waals surface area (Å²) in [6, 6.07) is 12.4. The van der Waals surface area contributed by atoms with E-state index in [1.54, 1.807) is 6.92 Å². The summed E-state index contributed by atoms with van der Waals surface area (Å²) in [5.41, 5.74) is 3.74. The SMILES string of the molecule is Cc1ccc(C2(C)NC(=O)N(Cc3cc(=O)oc4cc5c(cc34)CCC5)C2=O)cc1. The lowest BCUT2D eigenvalue weighted by atomic mass is 9.91. The summed E-state index contributed by atoms with van der Waals surface area (Å²) in [4.78, 5) is 39.4. The number of carbonyl (C=O) groups is 2. The third kappa shape index (κ3) is 2.83. The summed E-state index contributed by atoms with van der Waals surface area (Å²) in [7, 11) is 0. The molecule has 6 heteroatoms. The minimum atomic E-state index is -1.14. The van der Waals surface area contributed by atoms with Crippen LogP contribution in [0.1, 0.15) is 41.2 Å². The fourth-order valence-electron chi connectivity index (χ4n) is 4.52. The number of urea groups is 1. The van der Waals surface area contributed by atoms with Crippen molar-refractivity contribution >= 4 is 22.9 Å². The summed E-state index contributed by atoms with van der Waals surface area (Å²) >= 11 is 0. The lowest BCUT2D eigenvalue weighted by molar-refractivity contribution is -0.131. The predicted octanol–water partition coefficient (Wildman–Crippen LogP) is 3.56. The van der Waals surface area contributed by atoms with Crippen molar-refractivity contribution in [2.75, 3.05) is 0 Å². The molecule has 0 spiro atoms. The van der Waals surface area contributed by atoms with Crippen molar-refractivity contribution in [2.24, 2.45) is 0 Å². The van der Waals surface area contributed by atoms with Crippen LogP contribution < -0.4 is 10.9 Å². The van der Waals surface area contributed by atoms with Crippen molar-refractivity contribution in [3.8, 4) is 0 Å². The lowest BCUT2D eigenvalue weighted by Gasteiger charge is -2.22. The number of nitrogens with one attached hydrogen (secondary N) is 1. The van der Waals surface area contributed by atoms with Gasteiger partial charge >= 0.3 is 11.7 Å². The Balaban J connectivity index is 1.54. The normalized spacial score (nSPS) is 20.7. The number of aryl methyl sites for hydroxylation is 3. The maximum Gasteiger partial charge on any atom is 0.336 e. The first-order chi connectivity index (χ1) is 14.3. The van der Waals surface area contributed by atoms with Gasteiger partial charge in [0.1, 0.15) is 11.1 Å². The number of hydrogen-bond acceptors (Lipinski definition) is 4. The van der Waals surface area contributed by atoms with Crippen LogP contribution in [0.25, 0.3) is 11.0 Å². The van der Waals surface area contributed by atoms with E-state index in [1.165, 1.54) is 22.1 Å². The maximum atomic E-state index is 13.3. The Morgan fingerprint density at radius 2 is 1.73 bits per heavy atom. The first-order valence-electron chi connectivity index (χ1n) is 10.1. The number of amides is 3. The van der Waals surface area contributed by atoms with Gasteiger partial charge in [-0.3, -0.25) is 9.69 Å². The van der Waals surface area contributed by atoms with Gasteiger partial charge in [-0.1, -0.05) is 29.8 Å². The number of benzene rings is 2. The molecular weight excluding hydrogens is 380 g/mol. The topological polar surface area (TPSA) is 79.6 Å². The Kier molecular flexibility index (Phi) is 4.07. The molecule has 2 aliphatic rings. The van der Waals surface area contributed by atoms with Crippen LogP contribution in [0.2, 0.25) is 0 Å². The molecule has 1 unspecified atom stereocenters. The number of imide groups is 1. The molecule has 3 aromatic rings. The van der Waals surface area contributed by atoms with Crippen molar-refractivity contribution in [3.63, 3.8) is 0 Å². The molecule has 1 N–H and O–H groups in total. The molecule has 1 fully saturated rings. The van der Waals surface area contributed by atoms with Gasteiger partial charge < -0.3 is 9.73 Å². The maximum absolute atomic E-state index is 13.3. The van der Waals surface area contributed by atoms with Gasteiger partial charge in [-0.05, 0) is 67.5 Å². The molecule has 1 saturated heterocycles. The summed E-state index contributed by atoms with van der Waals surface area (Å²) in [6.07, 6.45) is 3.03. The molecule has 1 aliphatic heterocycles. The summed E-state index contributed by atoms with van der Waals surface area (Å²) in [5.74, 6) is -0.334. The van der Waals surface area contributed by atoms with Crippen molar-refractivity contribution in [2.45, 2.75) is 45.2 Å². The third-order valence-corrected chi connectivity index (χ3v) is 6.27. The average Bonchev–Trinajstić information content (AvgIpc) is 3.25. The van der Waals surface area contributed by atoms with Gasteiger partial charge in [0.05, 0.1) is 6.54 Å². The second-order valence-electron chi connectivity index (χ2n) is 8.37. The van der Waals surface area contributed by atoms with Crippen molar-refractivity contribution in [3.05, 3.63) is 80.7 Å². The molecule has 0 radical (unpaired) electrons. The van der Waals surface area contributed by atoms with E-state index in [-0.39, 0.29) is 12.5 Å². The minimum Gasteiger partial charge on any atom is -0.423 e. The number of fused-ring (bicyclic) bond motifs is 2. The molecular formula is C24H22N2O4. The molecule has 2 heterocycles. The molecule has 5 rings (SSSR count). The van der Waals surface area contributed by atoms with Crippen molar-refractivity contribution in [1.29, 1.82) is 0 Å². The van der Waals surface area contributed by atoms with Crippen LogP contribution >= 0.6 is 0 Å². The molecule has 3 amide bonds. The Hall–Kier alpha value is -3.41. The Morgan fingerprint density at radius 3 is 2.47 bits per heavy atom. The molecule has 1 aliphatic carbocycles. The average molecular weight is 402 g/mol. The zero-order chi connectivity index (χ0) is 21.0. The molecule has 0 bridgehead atoms. The van der Waals surface area contributed by atoms with Gasteiger partial charge in [-0.15, -0.1) is 0 Å². The largest absolute Gasteiger partial charge is 0.423 e. The van der Waals surface area contributed by atoms with Gasteiger partial charge in [0.15, 0.2) is 0 Å². The van der Waals surface area contributed by atoms with Crippen LogP contribution in [-0.2, 0) is 29.7 Å². The Bertz CT molecular complexity index is 1260. The second-order valence-corrected chi connectivity index (χ2v) is 8.37. The Labute approximate surface area is 173 Å². The van der Waals surface area contributed by atoms with Crippen LogP contribution in [0.3, 0.4) is 0 Å². The minimum absolute atomic E-state index is 0.0208. The van der Waals surface area contributed by atoms with E-state index in [0.717, 1.165) is 35.8 Å². The molecule has 1 atom stereocenters. The van der Waals surface area contributed by atoms with E-state index in [4.69, 9.17) is 4.42 Å². The number of carbonyl (C=O) groups excluding carboxylic acids is 2. The van der Waals surface area contributed by atoms with Crippen LogP contribution in [0.4, 0.5) is 4.79 Å². The number of rotatable bonds is 3. The van der Waals surface area contributed by atoms with E-state index >= 15 is 0 Å². The van der Waals surface area contributed by atoms with Crippen LogP contribution in [0.5, 0.6) is 0 Å². The highest BCUT2D eigenvalue weighted by atomic mass is 16.4. The standard InChI is InChI=1S/C24H22N2O4/c1-14-6-8-18(9-7-14)24(2)22(28)26(23(29)25-24)13-17-12-21(27)30-20-11-16-5-3-4-15(16)10-19(17)20/h6-12H,3-5,13H2,1-2H3,(H,25,29). The summed E-state index contributed by atoms with van der Waals surface area (Å²) < 4.78 is 5.41. The highest BCUT2D eigenvalue weighted by molar-refractivity contribution is 6.07. The second kappa shape index (κ2) is 6.55. The number of nitrogens with zero attached hydrogens (tertiary/aromatic N) is 1. The predicted molar refractivity (Wildman–Crippen MR) is 112 cm³/mol. The van der Waals surface area contributed by atoms with E-state index < -0.39 is 17.2 Å². The van der Waals surface area contributed by atoms with Gasteiger partial charge in [0.25, 0.3) is 5.91 Å². The lowest BCUT2D eigenvalue weighted by Crippen LogP contribution is -2.40. The Morgan fingerprint density at radius 1 is 1.03 bits per heavy atom. The van der Waals surface area contributed by atoms with E-state index in [0.29, 0.717) is 11.1 Å². The molecule has 1 aromatic heterocycles. The first-order valence-corrected chi connectivity index (χ1v) is 10.1. The van der Waals surface area contributed by atoms with E-state index in [1.807, 2.05) is 43.3 Å². The van der Waals surface area contributed by atoms with E-state index in [2.05, 4.69) is 5.32 Å². The van der Waals surface area contributed by atoms with E-state index in [9.17, 15) is 14.4 Å². The monoisotopic (exact) mass is 402 g/mol. The van der Waals surface area contributed by atoms with Gasteiger partial charge in [0.2, 0.25) is 0 Å². The molecule has 0 saturated carbocycles. The number of hydrogen-bond donors (Lipinski definition) is 1. The van der Waals surface area contributed by atoms with Gasteiger partial charge in [0, 0.05) is 11.5 Å².